The highest BCUT2D eigenvalue weighted by Crippen LogP contribution is 2.40. The summed E-state index contributed by atoms with van der Waals surface area (Å²) in [6.45, 7) is 6.25. The van der Waals surface area contributed by atoms with Crippen molar-refractivity contribution in [2.24, 2.45) is 11.5 Å². The molecule has 45 heavy (non-hydrogen) atoms. The van der Waals surface area contributed by atoms with Gasteiger partial charge in [-0.05, 0) is 37.9 Å². The minimum absolute atomic E-state index is 0.0283. The van der Waals surface area contributed by atoms with Crippen LogP contribution in [0.1, 0.15) is 115 Å². The molecule has 240 valence electrons. The quantitative estimate of drug-likeness (QED) is 0.111. The average molecular weight is 613 g/mol. The molecule has 5 N–H and O–H groups in total. The molecule has 0 fully saturated rings. The summed E-state index contributed by atoms with van der Waals surface area (Å²) in [7, 11) is 0. The highest BCUT2D eigenvalue weighted by Gasteiger charge is 2.40. The number of unbranched alkanes of at least 4 members (excludes halogenated alkanes) is 11. The zero-order chi connectivity index (χ0) is 33.3. The molecule has 1 atom stereocenters. The van der Waals surface area contributed by atoms with Crippen LogP contribution in [0.3, 0.4) is 0 Å². The normalized spacial score (nSPS) is 15.2. The van der Waals surface area contributed by atoms with E-state index in [0.717, 1.165) is 24.8 Å². The summed E-state index contributed by atoms with van der Waals surface area (Å²) in [4.78, 5) is 24.9. The van der Waals surface area contributed by atoms with Crippen LogP contribution in [-0.4, -0.2) is 24.0 Å². The van der Waals surface area contributed by atoms with E-state index in [1.807, 2.05) is 0 Å². The maximum Gasteiger partial charge on any atom is 0.242 e. The van der Waals surface area contributed by atoms with E-state index in [-0.39, 0.29) is 23.3 Å². The van der Waals surface area contributed by atoms with E-state index >= 15 is 0 Å². The van der Waals surface area contributed by atoms with Gasteiger partial charge in [-0.3, -0.25) is 14.9 Å². The lowest BCUT2D eigenvalue weighted by molar-refractivity contribution is -0.130. The van der Waals surface area contributed by atoms with Crippen LogP contribution in [0.25, 0.3) is 6.08 Å². The Labute approximate surface area is 268 Å². The Bertz CT molecular complexity index is 1370. The highest BCUT2D eigenvalue weighted by molar-refractivity contribution is 5.92. The highest BCUT2D eigenvalue weighted by atomic mass is 16.5. The van der Waals surface area contributed by atoms with Crippen molar-refractivity contribution in [3.8, 4) is 18.2 Å². The van der Waals surface area contributed by atoms with Crippen molar-refractivity contribution >= 4 is 17.9 Å². The third kappa shape index (κ3) is 10.6. The molecule has 9 heteroatoms. The minimum Gasteiger partial charge on any atom is -0.480 e. The van der Waals surface area contributed by atoms with E-state index in [1.54, 1.807) is 62.4 Å². The second-order valence-corrected chi connectivity index (χ2v) is 12.1. The van der Waals surface area contributed by atoms with Crippen LogP contribution in [0.2, 0.25) is 0 Å². The second-order valence-electron chi connectivity index (χ2n) is 12.1. The molecule has 0 spiro atoms. The fraction of sp³-hybridized carbons (Fsp3) is 0.528. The molecular formula is C36H48N6O3. The maximum atomic E-state index is 12.8. The number of allylic oxidation sites excluding steroid dienone is 2. The van der Waals surface area contributed by atoms with E-state index in [2.05, 4.69) is 18.3 Å². The van der Waals surface area contributed by atoms with Gasteiger partial charge in [-0.25, -0.2) is 0 Å². The van der Waals surface area contributed by atoms with Gasteiger partial charge in [0.2, 0.25) is 11.8 Å². The first kappa shape index (κ1) is 36.8. The molecule has 1 aromatic carbocycles. The molecule has 1 unspecified atom stereocenters. The van der Waals surface area contributed by atoms with E-state index in [1.165, 1.54) is 57.8 Å². The van der Waals surface area contributed by atoms with Crippen LogP contribution in [-0.2, 0) is 19.9 Å². The van der Waals surface area contributed by atoms with Crippen molar-refractivity contribution in [3.63, 3.8) is 0 Å². The second kappa shape index (κ2) is 18.4. The zero-order valence-corrected chi connectivity index (χ0v) is 27.1. The Morgan fingerprint density at radius 3 is 1.87 bits per heavy atom. The van der Waals surface area contributed by atoms with Crippen molar-refractivity contribution in [2.45, 2.75) is 115 Å². The van der Waals surface area contributed by atoms with Gasteiger partial charge in [0.15, 0.2) is 11.3 Å². The SMILES string of the molecule is CCCCCCCCCCCCCCNC(CC(N)=O)(C(N)=O)c1ccc(C=CC2=C(C#N)C(=C(C#N)C#N)OC2(C)C)cc1. The number of hydrogen-bond acceptors (Lipinski definition) is 7. The maximum absolute atomic E-state index is 12.8. The van der Waals surface area contributed by atoms with Crippen LogP contribution in [0.5, 0.6) is 0 Å². The molecule has 2 rings (SSSR count). The number of nitrogens with zero attached hydrogens (tertiary/aromatic N) is 3. The molecule has 0 saturated heterocycles. The van der Waals surface area contributed by atoms with Crippen molar-refractivity contribution in [1.29, 1.82) is 15.8 Å². The number of carbonyl (C=O) groups excluding carboxylic acids is 2. The lowest BCUT2D eigenvalue weighted by Gasteiger charge is -2.31. The minimum atomic E-state index is -1.44. The first-order valence-corrected chi connectivity index (χ1v) is 16.1. The Balaban J connectivity index is 2.07. The molecular weight excluding hydrogens is 564 g/mol. The molecule has 1 heterocycles. The van der Waals surface area contributed by atoms with Crippen molar-refractivity contribution in [1.82, 2.24) is 5.32 Å². The van der Waals surface area contributed by atoms with Crippen molar-refractivity contribution in [3.05, 3.63) is 63.9 Å². The summed E-state index contributed by atoms with van der Waals surface area (Å²) in [5.41, 5.74) is 10.7. The number of primary amides is 2. The van der Waals surface area contributed by atoms with Gasteiger partial charge in [-0.15, -0.1) is 0 Å². The summed E-state index contributed by atoms with van der Waals surface area (Å²) >= 11 is 0. The van der Waals surface area contributed by atoms with Gasteiger partial charge in [-0.2, -0.15) is 15.8 Å². The zero-order valence-electron chi connectivity index (χ0n) is 27.1. The average Bonchev–Trinajstić information content (AvgIpc) is 3.27. The molecule has 1 aliphatic heterocycles. The third-order valence-electron chi connectivity index (χ3n) is 8.23. The van der Waals surface area contributed by atoms with Gasteiger partial charge in [0.05, 0.1) is 6.42 Å². The van der Waals surface area contributed by atoms with Crippen LogP contribution >= 0.6 is 0 Å². The van der Waals surface area contributed by atoms with Crippen molar-refractivity contribution < 1.29 is 14.3 Å². The van der Waals surface area contributed by atoms with Gasteiger partial charge >= 0.3 is 0 Å². The van der Waals surface area contributed by atoms with Crippen LogP contribution < -0.4 is 16.8 Å². The largest absolute Gasteiger partial charge is 0.480 e. The van der Waals surface area contributed by atoms with E-state index in [0.29, 0.717) is 17.7 Å². The predicted molar refractivity (Wildman–Crippen MR) is 175 cm³/mol. The Kier molecular flexibility index (Phi) is 15.1. The number of ether oxygens (including phenoxy) is 1. The van der Waals surface area contributed by atoms with Gasteiger partial charge in [-0.1, -0.05) is 114 Å². The van der Waals surface area contributed by atoms with Gasteiger partial charge in [0.1, 0.15) is 34.9 Å². The summed E-state index contributed by atoms with van der Waals surface area (Å²) in [6.07, 6.45) is 17.8. The van der Waals surface area contributed by atoms with Gasteiger partial charge in [0, 0.05) is 5.57 Å². The number of hydrogen-bond donors (Lipinski definition) is 3. The lowest BCUT2D eigenvalue weighted by atomic mass is 9.84. The Morgan fingerprint density at radius 2 is 1.40 bits per heavy atom. The number of benzene rings is 1. The van der Waals surface area contributed by atoms with Crippen LogP contribution in [0, 0.1) is 34.0 Å². The molecule has 0 aromatic heterocycles. The van der Waals surface area contributed by atoms with Crippen LogP contribution in [0.4, 0.5) is 0 Å². The summed E-state index contributed by atoms with van der Waals surface area (Å²) in [6, 6.07) is 12.6. The number of rotatable bonds is 20. The van der Waals surface area contributed by atoms with Gasteiger partial charge < -0.3 is 16.2 Å². The summed E-state index contributed by atoms with van der Waals surface area (Å²) in [5.74, 6) is -1.35. The number of amides is 2. The smallest absolute Gasteiger partial charge is 0.242 e. The topological polar surface area (TPSA) is 179 Å². The summed E-state index contributed by atoms with van der Waals surface area (Å²) < 4.78 is 5.81. The Morgan fingerprint density at radius 1 is 0.867 bits per heavy atom. The Hall–Kier alpha value is -4.39. The van der Waals surface area contributed by atoms with E-state index in [4.69, 9.17) is 16.2 Å². The fourth-order valence-electron chi connectivity index (χ4n) is 5.65. The number of nitrogens with one attached hydrogen (secondary N) is 1. The number of nitrogens with two attached hydrogens (primary N) is 2. The first-order valence-electron chi connectivity index (χ1n) is 16.1. The predicted octanol–water partition coefficient (Wildman–Crippen LogP) is 6.48. The third-order valence-corrected chi connectivity index (χ3v) is 8.23. The molecule has 0 aliphatic carbocycles. The molecule has 2 amide bonds. The summed E-state index contributed by atoms with van der Waals surface area (Å²) in [5, 5.41) is 31.6. The van der Waals surface area contributed by atoms with Crippen molar-refractivity contribution in [2.75, 3.05) is 6.54 Å². The molecule has 0 radical (unpaired) electrons. The fourth-order valence-corrected chi connectivity index (χ4v) is 5.65. The molecule has 1 aromatic rings. The van der Waals surface area contributed by atoms with Gasteiger partial charge in [0.25, 0.3) is 0 Å². The van der Waals surface area contributed by atoms with E-state index in [9.17, 15) is 25.4 Å². The molecule has 0 bridgehead atoms. The lowest BCUT2D eigenvalue weighted by Crippen LogP contribution is -2.55. The first-order chi connectivity index (χ1) is 21.6. The number of nitriles is 3. The van der Waals surface area contributed by atoms with E-state index < -0.39 is 23.0 Å². The number of carbonyl (C=O) groups is 2. The standard InChI is InChI=1S/C36H48N6O3/c1-4-5-6-7-8-9-10-11-12-13-14-15-22-42-36(34(41)44,23-32(40)43)29-19-16-27(17-20-29)18-21-31-30(26-39)33(28(24-37)25-38)45-35(31,2)3/h16-21,42H,4-15,22-23H2,1-3H3,(H2,40,43)(H2,41,44). The molecule has 0 saturated carbocycles. The van der Waals surface area contributed by atoms with Crippen LogP contribution in [0.15, 0.2) is 52.8 Å². The molecule has 1 aliphatic rings. The monoisotopic (exact) mass is 612 g/mol. The molecule has 9 nitrogen and oxygen atoms in total.